The lowest BCUT2D eigenvalue weighted by Crippen LogP contribution is -2.40. The maximum Gasteiger partial charge on any atom is 0.233 e. The molecule has 1 fully saturated rings. The highest BCUT2D eigenvalue weighted by Gasteiger charge is 2.26. The predicted octanol–water partition coefficient (Wildman–Crippen LogP) is 1.44. The van der Waals surface area contributed by atoms with Crippen LogP contribution in [0.4, 0.5) is 5.95 Å². The SMILES string of the molecule is CC(=O)N1CCC(C(=O)Nc2nc(C)nc(-c3ccccn3)n2)CC1. The Morgan fingerprint density at radius 1 is 1.16 bits per heavy atom. The Kier molecular flexibility index (Phi) is 4.97. The van der Waals surface area contributed by atoms with Crippen LogP contribution in [0.15, 0.2) is 24.4 Å². The lowest BCUT2D eigenvalue weighted by atomic mass is 9.96. The standard InChI is InChI=1S/C17H20N6O2/c1-11-19-15(14-5-3-4-8-18-14)21-17(20-11)22-16(25)13-6-9-23(10-7-13)12(2)24/h3-5,8,13H,6-7,9-10H2,1-2H3,(H,19,20,21,22,25). The van der Waals surface area contributed by atoms with Crippen molar-refractivity contribution in [1.82, 2.24) is 24.8 Å². The van der Waals surface area contributed by atoms with Crippen molar-refractivity contribution in [3.63, 3.8) is 0 Å². The van der Waals surface area contributed by atoms with Crippen molar-refractivity contribution < 1.29 is 9.59 Å². The number of likely N-dealkylation sites (tertiary alicyclic amines) is 1. The number of aryl methyl sites for hydroxylation is 1. The van der Waals surface area contributed by atoms with Gasteiger partial charge in [-0.25, -0.2) is 4.98 Å². The van der Waals surface area contributed by atoms with Crippen LogP contribution in [-0.2, 0) is 9.59 Å². The third-order valence-electron chi connectivity index (χ3n) is 4.19. The van der Waals surface area contributed by atoms with Crippen molar-refractivity contribution in [2.45, 2.75) is 26.7 Å². The summed E-state index contributed by atoms with van der Waals surface area (Å²) >= 11 is 0. The van der Waals surface area contributed by atoms with Crippen LogP contribution in [0.1, 0.15) is 25.6 Å². The molecule has 2 aromatic rings. The molecule has 3 heterocycles. The van der Waals surface area contributed by atoms with Gasteiger partial charge in [0, 0.05) is 32.1 Å². The zero-order valence-electron chi connectivity index (χ0n) is 14.3. The second-order valence-electron chi connectivity index (χ2n) is 6.01. The van der Waals surface area contributed by atoms with Gasteiger partial charge < -0.3 is 4.90 Å². The van der Waals surface area contributed by atoms with E-state index in [0.29, 0.717) is 43.3 Å². The lowest BCUT2D eigenvalue weighted by molar-refractivity contribution is -0.132. The van der Waals surface area contributed by atoms with Gasteiger partial charge in [-0.2, -0.15) is 9.97 Å². The van der Waals surface area contributed by atoms with Crippen LogP contribution in [0.5, 0.6) is 0 Å². The molecule has 0 spiro atoms. The number of nitrogens with zero attached hydrogens (tertiary/aromatic N) is 5. The number of hydrogen-bond acceptors (Lipinski definition) is 6. The van der Waals surface area contributed by atoms with Crippen LogP contribution in [-0.4, -0.2) is 49.7 Å². The molecule has 0 radical (unpaired) electrons. The fourth-order valence-corrected chi connectivity index (χ4v) is 2.82. The molecule has 1 saturated heterocycles. The molecule has 1 N–H and O–H groups in total. The largest absolute Gasteiger partial charge is 0.343 e. The Labute approximate surface area is 145 Å². The van der Waals surface area contributed by atoms with E-state index in [1.54, 1.807) is 31.0 Å². The van der Waals surface area contributed by atoms with E-state index >= 15 is 0 Å². The van der Waals surface area contributed by atoms with E-state index in [4.69, 9.17) is 0 Å². The molecule has 1 aliphatic heterocycles. The monoisotopic (exact) mass is 340 g/mol. The van der Waals surface area contributed by atoms with Gasteiger partial charge in [-0.3, -0.25) is 19.9 Å². The molecular weight excluding hydrogens is 320 g/mol. The predicted molar refractivity (Wildman–Crippen MR) is 91.4 cm³/mol. The minimum atomic E-state index is -0.147. The fourth-order valence-electron chi connectivity index (χ4n) is 2.82. The second kappa shape index (κ2) is 7.33. The normalized spacial score (nSPS) is 15.0. The van der Waals surface area contributed by atoms with Gasteiger partial charge in [-0.1, -0.05) is 6.07 Å². The third-order valence-corrected chi connectivity index (χ3v) is 4.19. The molecule has 0 unspecified atom stereocenters. The Hall–Kier alpha value is -2.90. The van der Waals surface area contributed by atoms with Crippen molar-refractivity contribution in [2.75, 3.05) is 18.4 Å². The minimum absolute atomic E-state index is 0.0481. The molecule has 8 nitrogen and oxygen atoms in total. The highest BCUT2D eigenvalue weighted by atomic mass is 16.2. The topological polar surface area (TPSA) is 101 Å². The first-order chi connectivity index (χ1) is 12.0. The van der Waals surface area contributed by atoms with Gasteiger partial charge in [-0.05, 0) is 31.9 Å². The number of pyridine rings is 1. The molecule has 25 heavy (non-hydrogen) atoms. The number of rotatable bonds is 3. The first-order valence-electron chi connectivity index (χ1n) is 8.23. The molecule has 0 saturated carbocycles. The molecular formula is C17H20N6O2. The Morgan fingerprint density at radius 2 is 1.92 bits per heavy atom. The van der Waals surface area contributed by atoms with Crippen LogP contribution in [0, 0.1) is 12.8 Å². The maximum absolute atomic E-state index is 12.5. The van der Waals surface area contributed by atoms with Crippen molar-refractivity contribution in [3.8, 4) is 11.5 Å². The van der Waals surface area contributed by atoms with Crippen LogP contribution in [0.2, 0.25) is 0 Å². The summed E-state index contributed by atoms with van der Waals surface area (Å²) in [4.78, 5) is 42.6. The van der Waals surface area contributed by atoms with E-state index in [1.165, 1.54) is 0 Å². The Morgan fingerprint density at radius 3 is 2.56 bits per heavy atom. The first-order valence-corrected chi connectivity index (χ1v) is 8.23. The Bertz CT molecular complexity index is 772. The van der Waals surface area contributed by atoms with Gasteiger partial charge in [0.25, 0.3) is 0 Å². The van der Waals surface area contributed by atoms with E-state index in [1.807, 2.05) is 12.1 Å². The van der Waals surface area contributed by atoms with Crippen LogP contribution in [0.25, 0.3) is 11.5 Å². The molecule has 130 valence electrons. The zero-order valence-corrected chi connectivity index (χ0v) is 14.3. The van der Waals surface area contributed by atoms with E-state index in [-0.39, 0.29) is 23.7 Å². The van der Waals surface area contributed by atoms with Crippen molar-refractivity contribution in [3.05, 3.63) is 30.2 Å². The van der Waals surface area contributed by atoms with Crippen molar-refractivity contribution >= 4 is 17.8 Å². The molecule has 1 aliphatic rings. The number of anilines is 1. The van der Waals surface area contributed by atoms with Gasteiger partial charge in [0.15, 0.2) is 5.82 Å². The van der Waals surface area contributed by atoms with Gasteiger partial charge >= 0.3 is 0 Å². The molecule has 0 bridgehead atoms. The van der Waals surface area contributed by atoms with Gasteiger partial charge in [0.05, 0.1) is 0 Å². The molecule has 0 atom stereocenters. The third kappa shape index (κ3) is 4.14. The average Bonchev–Trinajstić information content (AvgIpc) is 2.62. The molecule has 0 aromatic carbocycles. The maximum atomic E-state index is 12.5. The summed E-state index contributed by atoms with van der Waals surface area (Å²) < 4.78 is 0. The Balaban J connectivity index is 1.70. The molecule has 2 amide bonds. The van der Waals surface area contributed by atoms with Crippen molar-refractivity contribution in [1.29, 1.82) is 0 Å². The molecule has 3 rings (SSSR count). The fraction of sp³-hybridized carbons (Fsp3) is 0.412. The number of hydrogen-bond donors (Lipinski definition) is 1. The lowest BCUT2D eigenvalue weighted by Gasteiger charge is -2.30. The van der Waals surface area contributed by atoms with Crippen LogP contribution in [0.3, 0.4) is 0 Å². The van der Waals surface area contributed by atoms with E-state index in [0.717, 1.165) is 0 Å². The summed E-state index contributed by atoms with van der Waals surface area (Å²) in [5.74, 6) is 0.943. The van der Waals surface area contributed by atoms with Crippen molar-refractivity contribution in [2.24, 2.45) is 5.92 Å². The summed E-state index contributed by atoms with van der Waals surface area (Å²) in [6.07, 6.45) is 2.95. The summed E-state index contributed by atoms with van der Waals surface area (Å²) in [6.45, 7) is 4.49. The van der Waals surface area contributed by atoms with Crippen LogP contribution >= 0.6 is 0 Å². The summed E-state index contributed by atoms with van der Waals surface area (Å²) in [6, 6.07) is 5.47. The number of amides is 2. The second-order valence-corrected chi connectivity index (χ2v) is 6.01. The first kappa shape index (κ1) is 16.9. The number of nitrogens with one attached hydrogen (secondary N) is 1. The quantitative estimate of drug-likeness (QED) is 0.907. The van der Waals surface area contributed by atoms with E-state index in [2.05, 4.69) is 25.3 Å². The molecule has 8 heteroatoms. The summed E-state index contributed by atoms with van der Waals surface area (Å²) in [5.41, 5.74) is 0.623. The minimum Gasteiger partial charge on any atom is -0.343 e. The number of carbonyl (C=O) groups excluding carboxylic acids is 2. The van der Waals surface area contributed by atoms with Crippen LogP contribution < -0.4 is 5.32 Å². The van der Waals surface area contributed by atoms with E-state index < -0.39 is 0 Å². The molecule has 2 aromatic heterocycles. The summed E-state index contributed by atoms with van der Waals surface area (Å²) in [5, 5.41) is 2.77. The van der Waals surface area contributed by atoms with E-state index in [9.17, 15) is 9.59 Å². The molecule has 0 aliphatic carbocycles. The van der Waals surface area contributed by atoms with Gasteiger partial charge in [-0.15, -0.1) is 0 Å². The smallest absolute Gasteiger partial charge is 0.233 e. The zero-order chi connectivity index (χ0) is 17.8. The van der Waals surface area contributed by atoms with Gasteiger partial charge in [0.2, 0.25) is 17.8 Å². The number of carbonyl (C=O) groups is 2. The number of piperidine rings is 1. The highest BCUT2D eigenvalue weighted by Crippen LogP contribution is 2.19. The average molecular weight is 340 g/mol. The number of aromatic nitrogens is 4. The van der Waals surface area contributed by atoms with Gasteiger partial charge in [0.1, 0.15) is 11.5 Å². The highest BCUT2D eigenvalue weighted by molar-refractivity contribution is 5.91. The summed E-state index contributed by atoms with van der Waals surface area (Å²) in [7, 11) is 0.